The van der Waals surface area contributed by atoms with Crippen molar-refractivity contribution in [2.24, 2.45) is 0 Å². The SMILES string of the molecule is O=C1CCCN1Cc1cc([N+](=O)[O-])ccc1F. The van der Waals surface area contributed by atoms with Crippen molar-refractivity contribution in [1.82, 2.24) is 4.90 Å². The van der Waals surface area contributed by atoms with Gasteiger partial charge < -0.3 is 4.90 Å². The van der Waals surface area contributed by atoms with Crippen LogP contribution in [0.2, 0.25) is 0 Å². The fourth-order valence-electron chi connectivity index (χ4n) is 1.87. The summed E-state index contributed by atoms with van der Waals surface area (Å²) in [7, 11) is 0. The first-order valence-corrected chi connectivity index (χ1v) is 5.28. The molecular formula is C11H11FN2O3. The third kappa shape index (κ3) is 2.41. The second-order valence-corrected chi connectivity index (χ2v) is 3.95. The van der Waals surface area contributed by atoms with Gasteiger partial charge in [-0.15, -0.1) is 0 Å². The zero-order valence-corrected chi connectivity index (χ0v) is 9.06. The topological polar surface area (TPSA) is 63.5 Å². The fraction of sp³-hybridized carbons (Fsp3) is 0.364. The van der Waals surface area contributed by atoms with Crippen molar-refractivity contribution in [3.05, 3.63) is 39.7 Å². The minimum absolute atomic E-state index is 0.0316. The van der Waals surface area contributed by atoms with Crippen LogP contribution in [0, 0.1) is 15.9 Å². The van der Waals surface area contributed by atoms with Gasteiger partial charge in [-0.1, -0.05) is 0 Å². The number of nitro benzene ring substituents is 1. The summed E-state index contributed by atoms with van der Waals surface area (Å²) in [6.07, 6.45) is 1.23. The summed E-state index contributed by atoms with van der Waals surface area (Å²) in [5.74, 6) is -0.550. The van der Waals surface area contributed by atoms with Crippen LogP contribution in [-0.2, 0) is 11.3 Å². The minimum Gasteiger partial charge on any atom is -0.338 e. The number of benzene rings is 1. The summed E-state index contributed by atoms with van der Waals surface area (Å²) in [5.41, 5.74) is 0.0301. The summed E-state index contributed by atoms with van der Waals surface area (Å²) in [4.78, 5) is 22.9. The molecule has 0 unspecified atom stereocenters. The Balaban J connectivity index is 2.22. The lowest BCUT2D eigenvalue weighted by Crippen LogP contribution is -2.24. The molecule has 1 aliphatic rings. The first-order chi connectivity index (χ1) is 8.08. The molecule has 6 heteroatoms. The van der Waals surface area contributed by atoms with Crippen LogP contribution in [0.4, 0.5) is 10.1 Å². The van der Waals surface area contributed by atoms with Crippen LogP contribution in [0.25, 0.3) is 0 Å². The van der Waals surface area contributed by atoms with E-state index in [-0.39, 0.29) is 23.7 Å². The highest BCUT2D eigenvalue weighted by molar-refractivity contribution is 5.78. The summed E-state index contributed by atoms with van der Waals surface area (Å²) in [6, 6.07) is 3.36. The maximum Gasteiger partial charge on any atom is 0.269 e. The monoisotopic (exact) mass is 238 g/mol. The molecule has 0 atom stereocenters. The number of nitro groups is 1. The number of hydrogen-bond acceptors (Lipinski definition) is 3. The molecule has 0 spiro atoms. The van der Waals surface area contributed by atoms with Gasteiger partial charge in [-0.3, -0.25) is 14.9 Å². The van der Waals surface area contributed by atoms with Crippen LogP contribution in [0.3, 0.4) is 0 Å². The molecule has 0 saturated carbocycles. The average molecular weight is 238 g/mol. The molecule has 1 fully saturated rings. The number of carbonyl (C=O) groups is 1. The normalized spacial score (nSPS) is 15.4. The van der Waals surface area contributed by atoms with E-state index in [1.165, 1.54) is 11.0 Å². The van der Waals surface area contributed by atoms with Gasteiger partial charge in [0.2, 0.25) is 5.91 Å². The molecule has 1 saturated heterocycles. The second kappa shape index (κ2) is 4.48. The minimum atomic E-state index is -0.575. The summed E-state index contributed by atoms with van der Waals surface area (Å²) >= 11 is 0. The van der Waals surface area contributed by atoms with Crippen molar-refractivity contribution < 1.29 is 14.1 Å². The molecule has 0 bridgehead atoms. The molecular weight excluding hydrogens is 227 g/mol. The maximum absolute atomic E-state index is 13.5. The molecule has 1 aromatic rings. The predicted octanol–water partition coefficient (Wildman–Crippen LogP) is 1.86. The average Bonchev–Trinajstić information content (AvgIpc) is 2.67. The Morgan fingerprint density at radius 2 is 2.24 bits per heavy atom. The lowest BCUT2D eigenvalue weighted by molar-refractivity contribution is -0.385. The Morgan fingerprint density at radius 3 is 2.82 bits per heavy atom. The lowest BCUT2D eigenvalue weighted by Gasteiger charge is -2.15. The van der Waals surface area contributed by atoms with E-state index < -0.39 is 10.7 Å². The van der Waals surface area contributed by atoms with Gasteiger partial charge in [-0.2, -0.15) is 0 Å². The molecule has 0 radical (unpaired) electrons. The van der Waals surface area contributed by atoms with Gasteiger partial charge >= 0.3 is 0 Å². The van der Waals surface area contributed by atoms with Crippen molar-refractivity contribution >= 4 is 11.6 Å². The molecule has 1 amide bonds. The molecule has 1 aliphatic heterocycles. The quantitative estimate of drug-likeness (QED) is 0.596. The third-order valence-corrected chi connectivity index (χ3v) is 2.77. The number of hydrogen-bond donors (Lipinski definition) is 0. The van der Waals surface area contributed by atoms with Crippen molar-refractivity contribution in [3.63, 3.8) is 0 Å². The fourth-order valence-corrected chi connectivity index (χ4v) is 1.87. The van der Waals surface area contributed by atoms with Gasteiger partial charge in [0.05, 0.1) is 4.92 Å². The first-order valence-electron chi connectivity index (χ1n) is 5.28. The van der Waals surface area contributed by atoms with Gasteiger partial charge in [-0.05, 0) is 12.5 Å². The highest BCUT2D eigenvalue weighted by atomic mass is 19.1. The molecule has 0 N–H and O–H groups in total. The lowest BCUT2D eigenvalue weighted by atomic mass is 10.2. The van der Waals surface area contributed by atoms with Crippen molar-refractivity contribution in [1.29, 1.82) is 0 Å². The van der Waals surface area contributed by atoms with Crippen LogP contribution >= 0.6 is 0 Å². The third-order valence-electron chi connectivity index (χ3n) is 2.77. The second-order valence-electron chi connectivity index (χ2n) is 3.95. The van der Waals surface area contributed by atoms with Gasteiger partial charge in [0.15, 0.2) is 0 Å². The Bertz CT molecular complexity index is 476. The molecule has 2 rings (SSSR count). The standard InChI is InChI=1S/C11H11FN2O3/c12-10-4-3-9(14(16)17)6-8(10)7-13-5-1-2-11(13)15/h3-4,6H,1-2,5,7H2. The number of nitrogens with zero attached hydrogens (tertiary/aromatic N) is 2. The molecule has 17 heavy (non-hydrogen) atoms. The molecule has 0 aromatic heterocycles. The molecule has 90 valence electrons. The Labute approximate surface area is 97.0 Å². The van der Waals surface area contributed by atoms with E-state index in [1.54, 1.807) is 0 Å². The van der Waals surface area contributed by atoms with Crippen LogP contribution in [0.15, 0.2) is 18.2 Å². The van der Waals surface area contributed by atoms with E-state index in [9.17, 15) is 19.3 Å². The first kappa shape index (κ1) is 11.5. The summed E-state index contributed by atoms with van der Waals surface area (Å²) < 4.78 is 13.5. The Hall–Kier alpha value is -1.98. The van der Waals surface area contributed by atoms with E-state index in [0.29, 0.717) is 13.0 Å². The number of halogens is 1. The summed E-state index contributed by atoms with van der Waals surface area (Å²) in [5, 5.41) is 10.6. The van der Waals surface area contributed by atoms with Gasteiger partial charge in [-0.25, -0.2) is 4.39 Å². The Kier molecular flexibility index (Phi) is 3.03. The van der Waals surface area contributed by atoms with E-state index in [2.05, 4.69) is 0 Å². The predicted molar refractivity (Wildman–Crippen MR) is 57.7 cm³/mol. The van der Waals surface area contributed by atoms with Crippen LogP contribution in [-0.4, -0.2) is 22.3 Å². The van der Waals surface area contributed by atoms with Crippen LogP contribution in [0.1, 0.15) is 18.4 Å². The van der Waals surface area contributed by atoms with Crippen LogP contribution in [0.5, 0.6) is 0 Å². The number of carbonyl (C=O) groups excluding carboxylic acids is 1. The molecule has 0 aliphatic carbocycles. The van der Waals surface area contributed by atoms with Crippen molar-refractivity contribution in [3.8, 4) is 0 Å². The van der Waals surface area contributed by atoms with E-state index >= 15 is 0 Å². The zero-order chi connectivity index (χ0) is 12.4. The van der Waals surface area contributed by atoms with Gasteiger partial charge in [0.1, 0.15) is 5.82 Å². The van der Waals surface area contributed by atoms with E-state index in [4.69, 9.17) is 0 Å². The van der Waals surface area contributed by atoms with E-state index in [0.717, 1.165) is 18.6 Å². The molecule has 1 aromatic carbocycles. The highest BCUT2D eigenvalue weighted by Crippen LogP contribution is 2.20. The van der Waals surface area contributed by atoms with Crippen molar-refractivity contribution in [2.45, 2.75) is 19.4 Å². The van der Waals surface area contributed by atoms with Gasteiger partial charge in [0, 0.05) is 37.2 Å². The van der Waals surface area contributed by atoms with Crippen molar-refractivity contribution in [2.75, 3.05) is 6.54 Å². The molecule has 5 nitrogen and oxygen atoms in total. The number of amides is 1. The highest BCUT2D eigenvalue weighted by Gasteiger charge is 2.22. The largest absolute Gasteiger partial charge is 0.338 e. The van der Waals surface area contributed by atoms with E-state index in [1.807, 2.05) is 0 Å². The smallest absolute Gasteiger partial charge is 0.269 e. The summed E-state index contributed by atoms with van der Waals surface area (Å²) in [6.45, 7) is 0.688. The van der Waals surface area contributed by atoms with Crippen LogP contribution < -0.4 is 0 Å². The number of non-ortho nitro benzene ring substituents is 1. The number of likely N-dealkylation sites (tertiary alicyclic amines) is 1. The maximum atomic E-state index is 13.5. The number of rotatable bonds is 3. The Morgan fingerprint density at radius 1 is 1.47 bits per heavy atom. The zero-order valence-electron chi connectivity index (χ0n) is 9.06. The molecule has 1 heterocycles. The van der Waals surface area contributed by atoms with Gasteiger partial charge in [0.25, 0.3) is 5.69 Å².